The fourth-order valence-electron chi connectivity index (χ4n) is 2.00. The summed E-state index contributed by atoms with van der Waals surface area (Å²) in [6, 6.07) is 9.88. The van der Waals surface area contributed by atoms with Crippen molar-refractivity contribution in [2.75, 3.05) is 19.7 Å². The quantitative estimate of drug-likeness (QED) is 0.819. The van der Waals surface area contributed by atoms with Gasteiger partial charge in [0.1, 0.15) is 6.61 Å². The van der Waals surface area contributed by atoms with Gasteiger partial charge >= 0.3 is 0 Å². The molecular weight excluding hydrogens is 228 g/mol. The van der Waals surface area contributed by atoms with E-state index in [0.717, 1.165) is 31.5 Å². The van der Waals surface area contributed by atoms with E-state index >= 15 is 0 Å². The van der Waals surface area contributed by atoms with Crippen LogP contribution in [0.25, 0.3) is 0 Å². The van der Waals surface area contributed by atoms with Crippen LogP contribution in [-0.4, -0.2) is 31.7 Å². The topological polar surface area (TPSA) is 50.4 Å². The van der Waals surface area contributed by atoms with E-state index in [4.69, 9.17) is 4.74 Å². The molecule has 1 fully saturated rings. The molecule has 0 saturated carbocycles. The zero-order valence-electron chi connectivity index (χ0n) is 10.5. The number of piperidine rings is 1. The predicted molar refractivity (Wildman–Crippen MR) is 70.1 cm³/mol. The molecule has 1 amide bonds. The van der Waals surface area contributed by atoms with Crippen LogP contribution in [0.1, 0.15) is 18.4 Å². The van der Waals surface area contributed by atoms with Crippen molar-refractivity contribution in [3.8, 4) is 0 Å². The van der Waals surface area contributed by atoms with Gasteiger partial charge in [-0.05, 0) is 31.5 Å². The molecule has 1 aliphatic heterocycles. The van der Waals surface area contributed by atoms with E-state index < -0.39 is 0 Å². The first kappa shape index (κ1) is 13.1. The third-order valence-corrected chi connectivity index (χ3v) is 3.07. The largest absolute Gasteiger partial charge is 0.368 e. The Hall–Kier alpha value is -1.39. The minimum atomic E-state index is -0.0441. The fourth-order valence-corrected chi connectivity index (χ4v) is 2.00. The number of carbonyl (C=O) groups excluding carboxylic acids is 1. The summed E-state index contributed by atoms with van der Waals surface area (Å²) >= 11 is 0. The molecule has 98 valence electrons. The lowest BCUT2D eigenvalue weighted by atomic mass is 10.1. The molecule has 0 bridgehead atoms. The van der Waals surface area contributed by atoms with Gasteiger partial charge in [0.05, 0.1) is 6.10 Å². The molecule has 18 heavy (non-hydrogen) atoms. The van der Waals surface area contributed by atoms with Gasteiger partial charge in [0.15, 0.2) is 0 Å². The third-order valence-electron chi connectivity index (χ3n) is 3.07. The predicted octanol–water partition coefficient (Wildman–Crippen LogP) is 1.07. The number of nitrogens with one attached hydrogen (secondary N) is 2. The Balaban J connectivity index is 1.63. The molecule has 0 spiro atoms. The minimum Gasteiger partial charge on any atom is -0.368 e. The molecule has 0 atom stereocenters. The molecule has 0 unspecified atom stereocenters. The molecule has 1 saturated heterocycles. The molecule has 4 nitrogen and oxygen atoms in total. The highest BCUT2D eigenvalue weighted by Crippen LogP contribution is 2.06. The van der Waals surface area contributed by atoms with Crippen molar-refractivity contribution < 1.29 is 9.53 Å². The van der Waals surface area contributed by atoms with Crippen molar-refractivity contribution in [1.82, 2.24) is 10.6 Å². The molecule has 2 N–H and O–H groups in total. The summed E-state index contributed by atoms with van der Waals surface area (Å²) in [5.41, 5.74) is 1.10. The van der Waals surface area contributed by atoms with Crippen LogP contribution in [0.3, 0.4) is 0 Å². The van der Waals surface area contributed by atoms with Gasteiger partial charge in [-0.15, -0.1) is 0 Å². The Morgan fingerprint density at radius 1 is 1.28 bits per heavy atom. The molecule has 0 aromatic heterocycles. The van der Waals surface area contributed by atoms with Gasteiger partial charge in [0, 0.05) is 6.54 Å². The van der Waals surface area contributed by atoms with Gasteiger partial charge in [0.25, 0.3) is 0 Å². The number of carbonyl (C=O) groups is 1. The lowest BCUT2D eigenvalue weighted by Crippen LogP contribution is -2.35. The van der Waals surface area contributed by atoms with Gasteiger partial charge < -0.3 is 15.4 Å². The molecular formula is C14H20N2O2. The average molecular weight is 248 g/mol. The van der Waals surface area contributed by atoms with Crippen molar-refractivity contribution >= 4 is 5.91 Å². The second-order valence-corrected chi connectivity index (χ2v) is 4.52. The number of hydrogen-bond donors (Lipinski definition) is 2. The van der Waals surface area contributed by atoms with Crippen molar-refractivity contribution in [3.05, 3.63) is 35.9 Å². The van der Waals surface area contributed by atoms with Crippen LogP contribution >= 0.6 is 0 Å². The van der Waals surface area contributed by atoms with Crippen LogP contribution in [0, 0.1) is 0 Å². The van der Waals surface area contributed by atoms with Gasteiger partial charge in [-0.1, -0.05) is 30.3 Å². The maximum absolute atomic E-state index is 11.6. The monoisotopic (exact) mass is 248 g/mol. The number of amides is 1. The Labute approximate surface area is 108 Å². The SMILES string of the molecule is O=C(COC1CCNCC1)NCc1ccccc1. The lowest BCUT2D eigenvalue weighted by Gasteiger charge is -2.22. The highest BCUT2D eigenvalue weighted by Gasteiger charge is 2.14. The van der Waals surface area contributed by atoms with Crippen molar-refractivity contribution in [3.63, 3.8) is 0 Å². The van der Waals surface area contributed by atoms with Crippen molar-refractivity contribution in [1.29, 1.82) is 0 Å². The smallest absolute Gasteiger partial charge is 0.246 e. The van der Waals surface area contributed by atoms with Crippen LogP contribution in [0.2, 0.25) is 0 Å². The molecule has 2 rings (SSSR count). The Kier molecular flexibility index (Phi) is 5.17. The molecule has 1 aromatic carbocycles. The lowest BCUT2D eigenvalue weighted by molar-refractivity contribution is -0.128. The number of ether oxygens (including phenoxy) is 1. The van der Waals surface area contributed by atoms with Gasteiger partial charge in [-0.25, -0.2) is 0 Å². The summed E-state index contributed by atoms with van der Waals surface area (Å²) < 4.78 is 5.58. The maximum Gasteiger partial charge on any atom is 0.246 e. The average Bonchev–Trinajstić information content (AvgIpc) is 2.45. The fraction of sp³-hybridized carbons (Fsp3) is 0.500. The van der Waals surface area contributed by atoms with Crippen molar-refractivity contribution in [2.45, 2.75) is 25.5 Å². The van der Waals surface area contributed by atoms with E-state index in [9.17, 15) is 4.79 Å². The first-order chi connectivity index (χ1) is 8.84. The Morgan fingerprint density at radius 3 is 2.72 bits per heavy atom. The van der Waals surface area contributed by atoms with Gasteiger partial charge in [-0.2, -0.15) is 0 Å². The number of benzene rings is 1. The summed E-state index contributed by atoms with van der Waals surface area (Å²) in [4.78, 5) is 11.6. The van der Waals surface area contributed by atoms with Crippen LogP contribution in [0.15, 0.2) is 30.3 Å². The van der Waals surface area contributed by atoms with Crippen LogP contribution in [-0.2, 0) is 16.1 Å². The molecule has 1 aliphatic rings. The van der Waals surface area contributed by atoms with E-state index in [1.54, 1.807) is 0 Å². The highest BCUT2D eigenvalue weighted by molar-refractivity contribution is 5.77. The second-order valence-electron chi connectivity index (χ2n) is 4.52. The number of hydrogen-bond acceptors (Lipinski definition) is 3. The van der Waals surface area contributed by atoms with E-state index in [0.29, 0.717) is 6.54 Å². The van der Waals surface area contributed by atoms with Crippen LogP contribution < -0.4 is 10.6 Å². The second kappa shape index (κ2) is 7.13. The summed E-state index contributed by atoms with van der Waals surface area (Å²) in [5, 5.41) is 6.13. The van der Waals surface area contributed by atoms with Gasteiger partial charge in [0.2, 0.25) is 5.91 Å². The molecule has 1 heterocycles. The molecule has 1 aromatic rings. The Morgan fingerprint density at radius 2 is 2.00 bits per heavy atom. The zero-order valence-corrected chi connectivity index (χ0v) is 10.5. The normalized spacial score (nSPS) is 16.4. The van der Waals surface area contributed by atoms with E-state index in [1.165, 1.54) is 0 Å². The summed E-state index contributed by atoms with van der Waals surface area (Å²) in [5.74, 6) is -0.0441. The van der Waals surface area contributed by atoms with E-state index in [2.05, 4.69) is 10.6 Å². The zero-order chi connectivity index (χ0) is 12.6. The summed E-state index contributed by atoms with van der Waals surface area (Å²) in [6.45, 7) is 2.69. The van der Waals surface area contributed by atoms with E-state index in [1.807, 2.05) is 30.3 Å². The molecule has 0 radical (unpaired) electrons. The van der Waals surface area contributed by atoms with Crippen LogP contribution in [0.4, 0.5) is 0 Å². The first-order valence-electron chi connectivity index (χ1n) is 6.47. The standard InChI is InChI=1S/C14H20N2O2/c17-14(11-18-13-6-8-15-9-7-13)16-10-12-4-2-1-3-5-12/h1-5,13,15H,6-11H2,(H,16,17). The highest BCUT2D eigenvalue weighted by atomic mass is 16.5. The minimum absolute atomic E-state index is 0.0441. The summed E-state index contributed by atoms with van der Waals surface area (Å²) in [7, 11) is 0. The van der Waals surface area contributed by atoms with Gasteiger partial charge in [-0.3, -0.25) is 4.79 Å². The third kappa shape index (κ3) is 4.47. The summed E-state index contributed by atoms with van der Waals surface area (Å²) in [6.07, 6.45) is 2.21. The van der Waals surface area contributed by atoms with Crippen LogP contribution in [0.5, 0.6) is 0 Å². The maximum atomic E-state index is 11.6. The molecule has 0 aliphatic carbocycles. The molecule has 4 heteroatoms. The first-order valence-corrected chi connectivity index (χ1v) is 6.47. The van der Waals surface area contributed by atoms with Crippen molar-refractivity contribution in [2.24, 2.45) is 0 Å². The Bertz CT molecular complexity index is 361. The van der Waals surface area contributed by atoms with E-state index in [-0.39, 0.29) is 18.6 Å². The number of rotatable bonds is 5.